The van der Waals surface area contributed by atoms with Crippen molar-refractivity contribution < 1.29 is 4.39 Å². The van der Waals surface area contributed by atoms with Gasteiger partial charge >= 0.3 is 0 Å². The standard InChI is InChI=1S/C17H21ClFN/c1-2-3-13-6-8-17(12-20,9-7-13)11-14-10-15(19)4-5-16(14)18/h4-5,10,13H,2-3,6-9,11H2,1H3. The normalized spacial score (nSPS) is 26.2. The zero-order valence-corrected chi connectivity index (χ0v) is 12.7. The maximum atomic E-state index is 13.4. The first-order valence-corrected chi connectivity index (χ1v) is 7.81. The lowest BCUT2D eigenvalue weighted by Crippen LogP contribution is -2.28. The highest BCUT2D eigenvalue weighted by Gasteiger charge is 2.35. The Balaban J connectivity index is 2.10. The number of rotatable bonds is 4. The fourth-order valence-electron chi connectivity index (χ4n) is 3.30. The summed E-state index contributed by atoms with van der Waals surface area (Å²) in [7, 11) is 0. The molecule has 0 unspecified atom stereocenters. The molecule has 0 aromatic heterocycles. The highest BCUT2D eigenvalue weighted by molar-refractivity contribution is 6.31. The first-order valence-electron chi connectivity index (χ1n) is 7.44. The largest absolute Gasteiger partial charge is 0.207 e. The minimum atomic E-state index is -0.359. The second kappa shape index (κ2) is 6.59. The van der Waals surface area contributed by atoms with Crippen LogP contribution in [0, 0.1) is 28.5 Å². The van der Waals surface area contributed by atoms with Crippen LogP contribution in [0.3, 0.4) is 0 Å². The summed E-state index contributed by atoms with van der Waals surface area (Å²) in [5.74, 6) is 0.474. The second-order valence-corrected chi connectivity index (χ2v) is 6.44. The lowest BCUT2D eigenvalue weighted by molar-refractivity contribution is 0.200. The molecule has 0 atom stereocenters. The SMILES string of the molecule is CCCC1CCC(C#N)(Cc2cc(F)ccc2Cl)CC1. The van der Waals surface area contributed by atoms with E-state index < -0.39 is 0 Å². The monoisotopic (exact) mass is 293 g/mol. The fraction of sp³-hybridized carbons (Fsp3) is 0.588. The maximum absolute atomic E-state index is 13.4. The summed E-state index contributed by atoms with van der Waals surface area (Å²) in [6, 6.07) is 6.91. The van der Waals surface area contributed by atoms with Crippen LogP contribution in [0.25, 0.3) is 0 Å². The Morgan fingerprint density at radius 2 is 2.10 bits per heavy atom. The van der Waals surface area contributed by atoms with E-state index in [0.717, 1.165) is 37.2 Å². The molecule has 1 saturated carbocycles. The molecule has 1 aliphatic carbocycles. The molecule has 108 valence electrons. The van der Waals surface area contributed by atoms with E-state index in [2.05, 4.69) is 13.0 Å². The molecule has 0 N–H and O–H groups in total. The zero-order valence-electron chi connectivity index (χ0n) is 12.0. The molecule has 2 rings (SSSR count). The highest BCUT2D eigenvalue weighted by Crippen LogP contribution is 2.43. The summed E-state index contributed by atoms with van der Waals surface area (Å²) < 4.78 is 13.4. The van der Waals surface area contributed by atoms with Crippen molar-refractivity contribution in [1.82, 2.24) is 0 Å². The molecule has 0 bridgehead atoms. The van der Waals surface area contributed by atoms with Gasteiger partial charge in [0.25, 0.3) is 0 Å². The molecule has 1 fully saturated rings. The third kappa shape index (κ3) is 3.52. The lowest BCUT2D eigenvalue weighted by Gasteiger charge is -2.35. The van der Waals surface area contributed by atoms with Gasteiger partial charge in [-0.2, -0.15) is 5.26 Å². The Hall–Kier alpha value is -1.07. The smallest absolute Gasteiger partial charge is 0.123 e. The molecule has 0 saturated heterocycles. The minimum absolute atomic E-state index is 0.280. The van der Waals surface area contributed by atoms with Crippen LogP contribution in [-0.4, -0.2) is 0 Å². The van der Waals surface area contributed by atoms with Crippen molar-refractivity contribution in [3.63, 3.8) is 0 Å². The van der Waals surface area contributed by atoms with Gasteiger partial charge in [-0.15, -0.1) is 0 Å². The van der Waals surface area contributed by atoms with Crippen molar-refractivity contribution in [3.05, 3.63) is 34.6 Å². The number of benzene rings is 1. The molecule has 0 radical (unpaired) electrons. The van der Waals surface area contributed by atoms with Crippen molar-refractivity contribution in [2.24, 2.45) is 11.3 Å². The van der Waals surface area contributed by atoms with Crippen LogP contribution in [0.5, 0.6) is 0 Å². The van der Waals surface area contributed by atoms with Crippen molar-refractivity contribution in [2.75, 3.05) is 0 Å². The summed E-state index contributed by atoms with van der Waals surface area (Å²) in [4.78, 5) is 0. The molecule has 1 aliphatic rings. The lowest BCUT2D eigenvalue weighted by atomic mass is 9.67. The Bertz CT molecular complexity index is 498. The summed E-state index contributed by atoms with van der Waals surface area (Å²) in [6.07, 6.45) is 7.05. The zero-order chi connectivity index (χ0) is 14.6. The van der Waals surface area contributed by atoms with E-state index in [1.165, 1.54) is 25.0 Å². The van der Waals surface area contributed by atoms with E-state index in [1.807, 2.05) is 0 Å². The highest BCUT2D eigenvalue weighted by atomic mass is 35.5. The van der Waals surface area contributed by atoms with Crippen molar-refractivity contribution in [3.8, 4) is 6.07 Å². The third-order valence-electron chi connectivity index (χ3n) is 4.53. The van der Waals surface area contributed by atoms with Gasteiger partial charge < -0.3 is 0 Å². The Morgan fingerprint density at radius 1 is 1.40 bits per heavy atom. The van der Waals surface area contributed by atoms with Crippen LogP contribution >= 0.6 is 11.6 Å². The first kappa shape index (κ1) is 15.3. The molecule has 0 aliphatic heterocycles. The molecular formula is C17H21ClFN. The van der Waals surface area contributed by atoms with E-state index >= 15 is 0 Å². The van der Waals surface area contributed by atoms with Crippen molar-refractivity contribution in [2.45, 2.75) is 51.9 Å². The van der Waals surface area contributed by atoms with E-state index in [-0.39, 0.29) is 11.2 Å². The quantitative estimate of drug-likeness (QED) is 0.717. The topological polar surface area (TPSA) is 23.8 Å². The van der Waals surface area contributed by atoms with Crippen molar-refractivity contribution >= 4 is 11.6 Å². The van der Waals surface area contributed by atoms with E-state index in [1.54, 1.807) is 6.07 Å². The van der Waals surface area contributed by atoms with Gasteiger partial charge in [0.2, 0.25) is 0 Å². The van der Waals surface area contributed by atoms with E-state index in [0.29, 0.717) is 11.4 Å². The molecule has 1 nitrogen and oxygen atoms in total. The van der Waals surface area contributed by atoms with Crippen LogP contribution < -0.4 is 0 Å². The Kier molecular flexibility index (Phi) is 5.05. The molecule has 1 aromatic carbocycles. The van der Waals surface area contributed by atoms with E-state index in [9.17, 15) is 9.65 Å². The van der Waals surface area contributed by atoms with Crippen LogP contribution in [0.15, 0.2) is 18.2 Å². The maximum Gasteiger partial charge on any atom is 0.123 e. The number of nitrogens with zero attached hydrogens (tertiary/aromatic N) is 1. The van der Waals surface area contributed by atoms with Gasteiger partial charge in [0, 0.05) is 5.02 Å². The Labute approximate surface area is 125 Å². The van der Waals surface area contributed by atoms with Crippen LogP contribution in [0.2, 0.25) is 5.02 Å². The molecule has 20 heavy (non-hydrogen) atoms. The summed E-state index contributed by atoms with van der Waals surface area (Å²) in [6.45, 7) is 2.21. The summed E-state index contributed by atoms with van der Waals surface area (Å²) in [5, 5.41) is 10.2. The fourth-order valence-corrected chi connectivity index (χ4v) is 3.48. The number of hydrogen-bond acceptors (Lipinski definition) is 1. The van der Waals surface area contributed by atoms with Gasteiger partial charge in [0.15, 0.2) is 0 Å². The van der Waals surface area contributed by atoms with Crippen LogP contribution in [0.1, 0.15) is 51.0 Å². The van der Waals surface area contributed by atoms with E-state index in [4.69, 9.17) is 11.6 Å². The van der Waals surface area contributed by atoms with Crippen molar-refractivity contribution in [1.29, 1.82) is 5.26 Å². The number of hydrogen-bond donors (Lipinski definition) is 0. The van der Waals surface area contributed by atoms with Gasteiger partial charge in [0.05, 0.1) is 11.5 Å². The molecule has 0 heterocycles. The average Bonchev–Trinajstić information content (AvgIpc) is 2.45. The Morgan fingerprint density at radius 3 is 2.70 bits per heavy atom. The predicted octanol–water partition coefficient (Wildman–Crippen LogP) is 5.52. The predicted molar refractivity (Wildman–Crippen MR) is 80.0 cm³/mol. The molecule has 1 aromatic rings. The number of halogens is 2. The number of nitriles is 1. The van der Waals surface area contributed by atoms with Gasteiger partial charge in [-0.1, -0.05) is 31.4 Å². The molecule has 0 amide bonds. The molecular weight excluding hydrogens is 273 g/mol. The average molecular weight is 294 g/mol. The third-order valence-corrected chi connectivity index (χ3v) is 4.90. The van der Waals surface area contributed by atoms with Crippen LogP contribution in [0.4, 0.5) is 4.39 Å². The summed E-state index contributed by atoms with van der Waals surface area (Å²) in [5.41, 5.74) is 0.406. The first-order chi connectivity index (χ1) is 9.58. The van der Waals surface area contributed by atoms with Gasteiger partial charge in [-0.25, -0.2) is 4.39 Å². The van der Waals surface area contributed by atoms with Crippen LogP contribution in [-0.2, 0) is 6.42 Å². The molecule has 3 heteroatoms. The van der Waals surface area contributed by atoms with Gasteiger partial charge in [-0.05, 0) is 61.8 Å². The van der Waals surface area contributed by atoms with Gasteiger partial charge in [-0.3, -0.25) is 0 Å². The summed E-state index contributed by atoms with van der Waals surface area (Å²) >= 11 is 6.14. The minimum Gasteiger partial charge on any atom is -0.207 e. The molecule has 0 spiro atoms. The second-order valence-electron chi connectivity index (χ2n) is 6.04. The van der Waals surface area contributed by atoms with Gasteiger partial charge in [0.1, 0.15) is 5.82 Å².